The van der Waals surface area contributed by atoms with E-state index in [1.807, 2.05) is 18.2 Å². The summed E-state index contributed by atoms with van der Waals surface area (Å²) in [5, 5.41) is 74.4. The highest BCUT2D eigenvalue weighted by molar-refractivity contribution is 5.97. The fourth-order valence-electron chi connectivity index (χ4n) is 19.9. The summed E-state index contributed by atoms with van der Waals surface area (Å²) in [6.07, 6.45) is 22.1. The first-order chi connectivity index (χ1) is 30.9. The molecule has 0 heterocycles. The summed E-state index contributed by atoms with van der Waals surface area (Å²) in [6, 6.07) is 3.88. The lowest BCUT2D eigenvalue weighted by Crippen LogP contribution is -2.77. The normalized spacial score (nSPS) is 47.7. The van der Waals surface area contributed by atoms with Crippen molar-refractivity contribution in [1.29, 1.82) is 0 Å². The maximum absolute atomic E-state index is 16.4. The Labute approximate surface area is 384 Å². The van der Waals surface area contributed by atoms with Gasteiger partial charge in [0.25, 0.3) is 0 Å². The Morgan fingerprint density at radius 2 is 1.75 bits per heavy atom. The van der Waals surface area contributed by atoms with Gasteiger partial charge in [-0.05, 0) is 181 Å². The molecule has 0 aromatic heterocycles. The van der Waals surface area contributed by atoms with E-state index in [0.29, 0.717) is 62.7 Å². The molecule has 17 unspecified atom stereocenters. The lowest BCUT2D eigenvalue weighted by Gasteiger charge is -2.77. The summed E-state index contributed by atoms with van der Waals surface area (Å²) >= 11 is 0. The summed E-state index contributed by atoms with van der Waals surface area (Å²) in [6.45, 7) is 8.65. The van der Waals surface area contributed by atoms with Crippen LogP contribution in [-0.4, -0.2) is 86.9 Å². The molecular weight excluding hydrogens is 817 g/mol. The molecule has 1 aromatic carbocycles. The molecule has 6 saturated carbocycles. The number of benzene rings is 1. The molecule has 352 valence electrons. The van der Waals surface area contributed by atoms with Crippen LogP contribution in [0.2, 0.25) is 0 Å². The van der Waals surface area contributed by atoms with E-state index in [0.717, 1.165) is 61.0 Å². The first-order valence-electron chi connectivity index (χ1n) is 25.4. The van der Waals surface area contributed by atoms with Crippen molar-refractivity contribution >= 4 is 23.7 Å². The number of rotatable bonds is 9. The minimum atomic E-state index is -1.31. The molecule has 11 aliphatic rings. The largest absolute Gasteiger partial charge is 0.396 e. The Hall–Kier alpha value is -2.76. The second-order valence-electron chi connectivity index (χ2n) is 24.5. The van der Waals surface area contributed by atoms with Gasteiger partial charge in [-0.2, -0.15) is 0 Å². The van der Waals surface area contributed by atoms with E-state index in [1.165, 1.54) is 0 Å². The summed E-state index contributed by atoms with van der Waals surface area (Å²) < 4.78 is 5.32. The van der Waals surface area contributed by atoms with Gasteiger partial charge in [0.2, 0.25) is 0 Å². The van der Waals surface area contributed by atoms with Gasteiger partial charge >= 0.3 is 0 Å². The van der Waals surface area contributed by atoms with Crippen molar-refractivity contribution < 1.29 is 45.0 Å². The van der Waals surface area contributed by atoms with E-state index < -0.39 is 63.5 Å². The molecule has 0 aliphatic heterocycles. The monoisotopic (exact) mass is 891 g/mol. The zero-order chi connectivity index (χ0) is 45.9. The van der Waals surface area contributed by atoms with Crippen molar-refractivity contribution in [1.82, 2.24) is 0 Å². The third kappa shape index (κ3) is 5.31. The highest BCUT2D eigenvalue weighted by atomic mass is 16.5. The number of aliphatic hydroxyl groups excluding tert-OH is 5. The van der Waals surface area contributed by atoms with Gasteiger partial charge in [0.05, 0.1) is 37.1 Å². The third-order valence-electron chi connectivity index (χ3n) is 21.9. The van der Waals surface area contributed by atoms with E-state index in [-0.39, 0.29) is 64.5 Å². The van der Waals surface area contributed by atoms with Gasteiger partial charge < -0.3 is 35.4 Å². The first kappa shape index (κ1) is 44.7. The van der Waals surface area contributed by atoms with Crippen molar-refractivity contribution in [3.05, 3.63) is 69.7 Å². The predicted molar refractivity (Wildman–Crippen MR) is 247 cm³/mol. The van der Waals surface area contributed by atoms with Crippen LogP contribution in [0.15, 0.2) is 48.1 Å². The van der Waals surface area contributed by atoms with E-state index >= 15 is 4.79 Å². The van der Waals surface area contributed by atoms with Gasteiger partial charge in [-0.1, -0.05) is 69.2 Å². The number of fused-ring (bicyclic) bond motifs is 6. The molecule has 0 saturated heterocycles. The Kier molecular flexibility index (Phi) is 10.1. The van der Waals surface area contributed by atoms with E-state index in [1.54, 1.807) is 14.0 Å². The molecule has 9 nitrogen and oxygen atoms in total. The van der Waals surface area contributed by atoms with Gasteiger partial charge in [-0.25, -0.2) is 0 Å². The summed E-state index contributed by atoms with van der Waals surface area (Å²) in [7, 11) is 1.64. The third-order valence-corrected chi connectivity index (χ3v) is 21.9. The van der Waals surface area contributed by atoms with Gasteiger partial charge in [0.15, 0.2) is 11.6 Å². The van der Waals surface area contributed by atoms with Crippen LogP contribution < -0.4 is 10.4 Å². The fraction of sp³-hybridized carbons (Fsp3) is 0.714. The number of hydrogen-bond acceptors (Lipinski definition) is 9. The highest BCUT2D eigenvalue weighted by Crippen LogP contribution is 2.85. The predicted octanol–water partition coefficient (Wildman–Crippen LogP) is 6.05. The Morgan fingerprint density at radius 1 is 0.969 bits per heavy atom. The Bertz CT molecular complexity index is 2410. The number of ether oxygens (including phenoxy) is 1. The molecule has 9 heteroatoms. The number of carbonyl (C=O) groups excluding carboxylic acids is 2. The van der Waals surface area contributed by atoms with Crippen LogP contribution in [0.1, 0.15) is 140 Å². The molecule has 1 aromatic rings. The van der Waals surface area contributed by atoms with Crippen molar-refractivity contribution in [2.75, 3.05) is 26.9 Å². The molecule has 4 bridgehead atoms. The molecule has 0 radical (unpaired) electrons. The van der Waals surface area contributed by atoms with Crippen LogP contribution in [0.25, 0.3) is 12.2 Å². The first-order valence-corrected chi connectivity index (χ1v) is 25.4. The summed E-state index contributed by atoms with van der Waals surface area (Å²) in [5.41, 5.74) is -3.33. The zero-order valence-corrected chi connectivity index (χ0v) is 39.4. The molecule has 0 amide bonds. The molecule has 2 spiro atoms. The number of hydrogen-bond donors (Lipinski definition) is 6. The van der Waals surface area contributed by atoms with Crippen LogP contribution in [0, 0.1) is 79.3 Å². The van der Waals surface area contributed by atoms with Gasteiger partial charge in [-0.15, -0.1) is 0 Å². The molecule has 6 N–H and O–H groups in total. The smallest absolute Gasteiger partial charge is 0.163 e. The molecule has 17 atom stereocenters. The topological polar surface area (TPSA) is 165 Å². The lowest BCUT2D eigenvalue weighted by atomic mass is 9.26. The molecule has 65 heavy (non-hydrogen) atoms. The number of Topliss-reactive ketones (excluding diaryl/α,β-unsaturated/α-hetero) is 1. The van der Waals surface area contributed by atoms with Crippen molar-refractivity contribution in [3.63, 3.8) is 0 Å². The maximum Gasteiger partial charge on any atom is 0.163 e. The lowest BCUT2D eigenvalue weighted by molar-refractivity contribution is -0.289. The number of methoxy groups -OCH3 is 1. The standard InChI is InChI=1S/C56H74O9/c1-32(59)34-21-35-24-40-33(22-38(35)39(23-34)43(60)11-8-20-65-5)12-17-51-18-14-45-54(47(63)28-57)16-7-10-37(25-46(54)62)56(40,45)48(51)44(61)26-41-42-27-49(2,3)29-52-15-6-9-36(52)13-19-53(64,30-50(41,51)4)55(42,52)31-58/h7,10,13,19,21-24,26,32-33,36-37,40,42,45-48,57-59,62-64H,6,8-9,11-12,14-18,20,25,27-31H2,1-5H3. The Balaban J connectivity index is 1.18. The molecule has 6 fully saturated rings. The van der Waals surface area contributed by atoms with Gasteiger partial charge in [0, 0.05) is 42.4 Å². The number of aliphatic hydroxyl groups is 6. The van der Waals surface area contributed by atoms with Gasteiger partial charge in [0.1, 0.15) is 0 Å². The van der Waals surface area contributed by atoms with Crippen LogP contribution in [0.3, 0.4) is 0 Å². The van der Waals surface area contributed by atoms with Crippen LogP contribution in [-0.2, 0) is 9.53 Å². The number of ketones is 2. The van der Waals surface area contributed by atoms with E-state index in [9.17, 15) is 35.4 Å². The van der Waals surface area contributed by atoms with Crippen molar-refractivity contribution in [2.45, 2.75) is 141 Å². The van der Waals surface area contributed by atoms with Crippen LogP contribution in [0.4, 0.5) is 0 Å². The average molecular weight is 891 g/mol. The minimum absolute atomic E-state index is 0.00160. The fourth-order valence-corrected chi connectivity index (χ4v) is 19.9. The zero-order valence-electron chi connectivity index (χ0n) is 39.4. The summed E-state index contributed by atoms with van der Waals surface area (Å²) in [4.78, 5) is 30.7. The number of allylic oxidation sites excluding steroid dienone is 5. The van der Waals surface area contributed by atoms with E-state index in [2.05, 4.69) is 57.2 Å². The summed E-state index contributed by atoms with van der Waals surface area (Å²) in [5.74, 6) is -1.30. The van der Waals surface area contributed by atoms with Crippen molar-refractivity contribution in [3.8, 4) is 0 Å². The molecule has 11 aliphatic carbocycles. The quantitative estimate of drug-likeness (QED) is 0.0985. The van der Waals surface area contributed by atoms with Gasteiger partial charge in [-0.3, -0.25) is 9.59 Å². The maximum atomic E-state index is 16.4. The van der Waals surface area contributed by atoms with Crippen LogP contribution in [0.5, 0.6) is 0 Å². The highest BCUT2D eigenvalue weighted by Gasteiger charge is 2.83. The molecule has 12 rings (SSSR count). The molecular formula is C56H74O9. The second-order valence-corrected chi connectivity index (χ2v) is 24.5. The second kappa shape index (κ2) is 14.6. The van der Waals surface area contributed by atoms with Crippen molar-refractivity contribution in [2.24, 2.45) is 79.3 Å². The SMILES string of the molecule is COCCCC(=O)c1cc(C(C)O)cc2c1=CC1CCC34CCC5C6(C(O)CO)CC=CC(CC6O)C5(C1C=2)C3C(=O)C=C1C2CC(C)(C)CC35CCCC3C=CC(O)(CC14C)C25CO. The average Bonchev–Trinajstić information content (AvgIpc) is 3.45. The number of carbonyl (C=O) groups is 2. The van der Waals surface area contributed by atoms with E-state index in [4.69, 9.17) is 4.74 Å². The minimum Gasteiger partial charge on any atom is -0.396 e. The Morgan fingerprint density at radius 3 is 2.49 bits per heavy atom. The van der Waals surface area contributed by atoms with Crippen LogP contribution >= 0.6 is 0 Å².